The first-order chi connectivity index (χ1) is 11.6. The Balaban J connectivity index is 1.71. The van der Waals surface area contributed by atoms with Crippen molar-refractivity contribution in [1.82, 2.24) is 24.1 Å². The highest BCUT2D eigenvalue weighted by atomic mass is 16.5. The highest BCUT2D eigenvalue weighted by molar-refractivity contribution is 5.87. The Kier molecular flexibility index (Phi) is 3.42. The van der Waals surface area contributed by atoms with Crippen LogP contribution in [-0.2, 0) is 11.8 Å². The van der Waals surface area contributed by atoms with Crippen LogP contribution in [0.1, 0.15) is 22.2 Å². The van der Waals surface area contributed by atoms with Crippen molar-refractivity contribution in [1.29, 1.82) is 0 Å². The molecule has 9 nitrogen and oxygen atoms in total. The predicted octanol–water partition coefficient (Wildman–Crippen LogP) is 0.739. The smallest absolute Gasteiger partial charge is 0.354 e. The molecule has 1 aliphatic heterocycles. The van der Waals surface area contributed by atoms with Crippen LogP contribution in [0.4, 0.5) is 5.95 Å². The van der Waals surface area contributed by atoms with Crippen LogP contribution in [0.3, 0.4) is 0 Å². The van der Waals surface area contributed by atoms with E-state index in [2.05, 4.69) is 15.1 Å². The molecule has 1 N–H and O–H groups in total. The van der Waals surface area contributed by atoms with Crippen LogP contribution in [0.2, 0.25) is 0 Å². The quantitative estimate of drug-likeness (QED) is 0.757. The first-order valence-corrected chi connectivity index (χ1v) is 7.54. The fourth-order valence-electron chi connectivity index (χ4n) is 2.88. The van der Waals surface area contributed by atoms with Crippen molar-refractivity contribution in [2.24, 2.45) is 7.05 Å². The van der Waals surface area contributed by atoms with Gasteiger partial charge >= 0.3 is 5.97 Å². The molecule has 4 heterocycles. The van der Waals surface area contributed by atoms with Crippen molar-refractivity contribution < 1.29 is 14.6 Å². The average Bonchev–Trinajstić information content (AvgIpc) is 3.22. The molecule has 4 rings (SSSR count). The van der Waals surface area contributed by atoms with Gasteiger partial charge in [-0.25, -0.2) is 14.8 Å². The highest BCUT2D eigenvalue weighted by Gasteiger charge is 2.26. The Hall–Kier alpha value is -2.94. The van der Waals surface area contributed by atoms with Crippen LogP contribution in [0.25, 0.3) is 5.65 Å². The fraction of sp³-hybridized carbons (Fsp3) is 0.333. The average molecular weight is 328 g/mol. The Morgan fingerprint density at radius 3 is 3.08 bits per heavy atom. The van der Waals surface area contributed by atoms with Crippen LogP contribution in [0.5, 0.6) is 0 Å². The van der Waals surface area contributed by atoms with Gasteiger partial charge in [0.05, 0.1) is 19.3 Å². The largest absolute Gasteiger partial charge is 0.477 e. The molecule has 1 aliphatic rings. The van der Waals surface area contributed by atoms with E-state index in [-0.39, 0.29) is 11.8 Å². The zero-order chi connectivity index (χ0) is 16.7. The summed E-state index contributed by atoms with van der Waals surface area (Å²) in [4.78, 5) is 21.8. The number of aromatic nitrogens is 5. The number of carboxylic acid groups (broad SMARTS) is 1. The van der Waals surface area contributed by atoms with E-state index in [1.165, 1.54) is 6.07 Å². The van der Waals surface area contributed by atoms with E-state index in [9.17, 15) is 9.90 Å². The molecule has 1 fully saturated rings. The van der Waals surface area contributed by atoms with Crippen molar-refractivity contribution in [3.05, 3.63) is 42.1 Å². The molecule has 0 amide bonds. The van der Waals surface area contributed by atoms with Crippen LogP contribution in [-0.4, -0.2) is 54.9 Å². The monoisotopic (exact) mass is 328 g/mol. The van der Waals surface area contributed by atoms with Gasteiger partial charge in [0.25, 0.3) is 0 Å². The minimum atomic E-state index is -1.07. The second-order valence-electron chi connectivity index (χ2n) is 5.65. The zero-order valence-electron chi connectivity index (χ0n) is 13.0. The lowest BCUT2D eigenvalue weighted by Gasteiger charge is -2.33. The summed E-state index contributed by atoms with van der Waals surface area (Å²) in [5, 5.41) is 13.5. The molecule has 1 unspecified atom stereocenters. The second-order valence-corrected chi connectivity index (χ2v) is 5.65. The molecule has 24 heavy (non-hydrogen) atoms. The first kappa shape index (κ1) is 14.6. The van der Waals surface area contributed by atoms with Gasteiger partial charge in [-0.3, -0.25) is 9.08 Å². The maximum Gasteiger partial charge on any atom is 0.354 e. The lowest BCUT2D eigenvalue weighted by atomic mass is 10.1. The van der Waals surface area contributed by atoms with Gasteiger partial charge in [0.1, 0.15) is 11.8 Å². The Morgan fingerprint density at radius 1 is 1.46 bits per heavy atom. The summed E-state index contributed by atoms with van der Waals surface area (Å²) in [5.74, 6) is -0.515. The first-order valence-electron chi connectivity index (χ1n) is 7.54. The minimum absolute atomic E-state index is 0.0203. The summed E-state index contributed by atoms with van der Waals surface area (Å²) >= 11 is 0. The standard InChI is InChI=1S/C15H16N6O3/c1-19-8-10(7-17-19)12-9-20(4-5-24-12)15-18-11(14(22)23)6-13-16-2-3-21(13)15/h2-3,6-8,12H,4-5,9H2,1H3,(H,22,23). The third kappa shape index (κ3) is 2.48. The number of ether oxygens (including phenoxy) is 1. The molecule has 0 saturated carbocycles. The predicted molar refractivity (Wildman–Crippen MR) is 84.1 cm³/mol. The summed E-state index contributed by atoms with van der Waals surface area (Å²) in [6.07, 6.45) is 6.97. The lowest BCUT2D eigenvalue weighted by Crippen LogP contribution is -2.40. The van der Waals surface area contributed by atoms with Crippen molar-refractivity contribution in [2.75, 3.05) is 24.6 Å². The number of carboxylic acids is 1. The number of fused-ring (bicyclic) bond motifs is 1. The third-order valence-corrected chi connectivity index (χ3v) is 4.04. The Bertz CT molecular complexity index is 902. The summed E-state index contributed by atoms with van der Waals surface area (Å²) in [5.41, 5.74) is 1.52. The van der Waals surface area contributed by atoms with Crippen molar-refractivity contribution in [3.63, 3.8) is 0 Å². The topological polar surface area (TPSA) is 97.8 Å². The van der Waals surface area contributed by atoms with Gasteiger partial charge in [-0.05, 0) is 0 Å². The fourth-order valence-corrected chi connectivity index (χ4v) is 2.88. The Labute approximate surface area is 137 Å². The molecule has 3 aromatic rings. The Morgan fingerprint density at radius 2 is 2.33 bits per heavy atom. The number of hydrogen-bond donors (Lipinski definition) is 1. The number of hydrogen-bond acceptors (Lipinski definition) is 6. The molecular formula is C15H16N6O3. The van der Waals surface area contributed by atoms with E-state index in [0.29, 0.717) is 31.3 Å². The van der Waals surface area contributed by atoms with Crippen LogP contribution in [0.15, 0.2) is 30.9 Å². The normalized spacial score (nSPS) is 18.2. The molecule has 0 spiro atoms. The maximum absolute atomic E-state index is 11.3. The lowest BCUT2D eigenvalue weighted by molar-refractivity contribution is 0.0391. The van der Waals surface area contributed by atoms with Crippen LogP contribution >= 0.6 is 0 Å². The van der Waals surface area contributed by atoms with Gasteiger partial charge in [-0.1, -0.05) is 0 Å². The molecule has 3 aromatic heterocycles. The number of morpholine rings is 1. The van der Waals surface area contributed by atoms with Crippen LogP contribution < -0.4 is 4.90 Å². The van der Waals surface area contributed by atoms with E-state index >= 15 is 0 Å². The van der Waals surface area contributed by atoms with Crippen molar-refractivity contribution in [2.45, 2.75) is 6.10 Å². The summed E-state index contributed by atoms with van der Waals surface area (Å²) < 4.78 is 9.36. The number of nitrogens with zero attached hydrogens (tertiary/aromatic N) is 6. The van der Waals surface area contributed by atoms with Crippen molar-refractivity contribution >= 4 is 17.6 Å². The molecule has 124 valence electrons. The van der Waals surface area contributed by atoms with E-state index in [4.69, 9.17) is 4.74 Å². The van der Waals surface area contributed by atoms with E-state index in [1.54, 1.807) is 27.7 Å². The van der Waals surface area contributed by atoms with E-state index in [0.717, 1.165) is 5.56 Å². The van der Waals surface area contributed by atoms with Gasteiger partial charge in [0.15, 0.2) is 5.69 Å². The number of anilines is 1. The number of carbonyl (C=O) groups is 1. The molecule has 0 bridgehead atoms. The van der Waals surface area contributed by atoms with E-state index in [1.807, 2.05) is 18.1 Å². The van der Waals surface area contributed by atoms with Crippen LogP contribution in [0, 0.1) is 0 Å². The summed E-state index contributed by atoms with van der Waals surface area (Å²) in [7, 11) is 1.86. The van der Waals surface area contributed by atoms with E-state index < -0.39 is 5.97 Å². The van der Waals surface area contributed by atoms with Gasteiger partial charge in [-0.2, -0.15) is 5.10 Å². The number of rotatable bonds is 3. The van der Waals surface area contributed by atoms with Gasteiger partial charge in [-0.15, -0.1) is 0 Å². The molecular weight excluding hydrogens is 312 g/mol. The summed E-state index contributed by atoms with van der Waals surface area (Å²) in [6.45, 7) is 1.71. The number of aromatic carboxylic acids is 1. The van der Waals surface area contributed by atoms with Gasteiger partial charge in [0, 0.05) is 43.8 Å². The molecule has 1 saturated heterocycles. The number of aryl methyl sites for hydroxylation is 1. The molecule has 0 radical (unpaired) electrons. The van der Waals surface area contributed by atoms with Crippen molar-refractivity contribution in [3.8, 4) is 0 Å². The molecule has 1 atom stereocenters. The molecule has 0 aliphatic carbocycles. The SMILES string of the molecule is Cn1cc(C2CN(c3nc(C(=O)O)cc4nccn34)CCO2)cn1. The second kappa shape index (κ2) is 5.60. The van der Waals surface area contributed by atoms with Gasteiger partial charge < -0.3 is 14.7 Å². The van der Waals surface area contributed by atoms with Gasteiger partial charge in [0.2, 0.25) is 5.95 Å². The summed E-state index contributed by atoms with van der Waals surface area (Å²) in [6, 6.07) is 1.46. The third-order valence-electron chi connectivity index (χ3n) is 4.04. The zero-order valence-corrected chi connectivity index (χ0v) is 13.0. The molecule has 0 aromatic carbocycles. The highest BCUT2D eigenvalue weighted by Crippen LogP contribution is 2.25. The maximum atomic E-state index is 11.3. The number of imidazole rings is 1. The minimum Gasteiger partial charge on any atom is -0.477 e. The molecule has 9 heteroatoms.